The van der Waals surface area contributed by atoms with Crippen molar-refractivity contribution in [1.29, 1.82) is 0 Å². The van der Waals surface area contributed by atoms with Crippen LogP contribution in [-0.2, 0) is 33.3 Å². The highest BCUT2D eigenvalue weighted by molar-refractivity contribution is 5.72. The number of hydrogen-bond donors (Lipinski definition) is 0. The van der Waals surface area contributed by atoms with E-state index in [1.54, 1.807) is 12.2 Å². The van der Waals surface area contributed by atoms with E-state index in [4.69, 9.17) is 14.2 Å². The lowest BCUT2D eigenvalue weighted by molar-refractivity contribution is -0.164. The Labute approximate surface area is 141 Å². The third kappa shape index (κ3) is 6.84. The first-order valence-electron chi connectivity index (χ1n) is 7.53. The van der Waals surface area contributed by atoms with Gasteiger partial charge in [0.15, 0.2) is 0 Å². The van der Waals surface area contributed by atoms with Gasteiger partial charge in [-0.15, -0.1) is 0 Å². The predicted octanol–water partition coefficient (Wildman–Crippen LogP) is 1.01. The van der Waals surface area contributed by atoms with Gasteiger partial charge in [0.25, 0.3) is 0 Å². The molecular weight excluding hydrogens is 316 g/mol. The number of methoxy groups -OCH3 is 1. The SMILES string of the molecule is COC(=O)CC#C[C@H](C)[C@@H]1C=C[C@H](OC(C)=O)[C@@H](COC(C)=O)O1. The van der Waals surface area contributed by atoms with Gasteiger partial charge in [-0.1, -0.05) is 17.9 Å². The zero-order valence-corrected chi connectivity index (χ0v) is 14.2. The number of esters is 3. The van der Waals surface area contributed by atoms with Gasteiger partial charge in [-0.25, -0.2) is 0 Å². The van der Waals surface area contributed by atoms with Gasteiger partial charge in [0.05, 0.1) is 13.2 Å². The molecule has 0 aromatic carbocycles. The third-order valence-electron chi connectivity index (χ3n) is 3.22. The summed E-state index contributed by atoms with van der Waals surface area (Å²) in [5.74, 6) is 4.14. The van der Waals surface area contributed by atoms with Gasteiger partial charge in [0.2, 0.25) is 0 Å². The van der Waals surface area contributed by atoms with Crippen LogP contribution in [-0.4, -0.2) is 49.9 Å². The number of rotatable bonds is 5. The van der Waals surface area contributed by atoms with Gasteiger partial charge < -0.3 is 18.9 Å². The van der Waals surface area contributed by atoms with E-state index in [0.29, 0.717) is 0 Å². The smallest absolute Gasteiger partial charge is 0.317 e. The van der Waals surface area contributed by atoms with Crippen molar-refractivity contribution < 1.29 is 33.3 Å². The molecule has 0 saturated carbocycles. The Morgan fingerprint density at radius 2 is 1.92 bits per heavy atom. The first-order valence-corrected chi connectivity index (χ1v) is 7.53. The van der Waals surface area contributed by atoms with E-state index in [9.17, 15) is 14.4 Å². The largest absolute Gasteiger partial charge is 0.468 e. The second-order valence-corrected chi connectivity index (χ2v) is 5.26. The van der Waals surface area contributed by atoms with Crippen molar-refractivity contribution in [2.75, 3.05) is 13.7 Å². The van der Waals surface area contributed by atoms with Crippen molar-refractivity contribution in [2.45, 2.75) is 45.5 Å². The quantitative estimate of drug-likeness (QED) is 0.320. The van der Waals surface area contributed by atoms with E-state index >= 15 is 0 Å². The average Bonchev–Trinajstić information content (AvgIpc) is 2.52. The van der Waals surface area contributed by atoms with E-state index in [1.165, 1.54) is 21.0 Å². The number of ether oxygens (including phenoxy) is 4. The summed E-state index contributed by atoms with van der Waals surface area (Å²) in [6.07, 6.45) is 1.83. The maximum Gasteiger partial charge on any atom is 0.317 e. The second kappa shape index (κ2) is 9.73. The molecule has 0 N–H and O–H groups in total. The molecule has 0 unspecified atom stereocenters. The summed E-state index contributed by atoms with van der Waals surface area (Å²) >= 11 is 0. The molecule has 24 heavy (non-hydrogen) atoms. The fourth-order valence-corrected chi connectivity index (χ4v) is 2.03. The van der Waals surface area contributed by atoms with Crippen molar-refractivity contribution in [2.24, 2.45) is 5.92 Å². The monoisotopic (exact) mass is 338 g/mol. The average molecular weight is 338 g/mol. The normalized spacial score (nSPS) is 23.4. The van der Waals surface area contributed by atoms with Crippen LogP contribution in [0, 0.1) is 17.8 Å². The summed E-state index contributed by atoms with van der Waals surface area (Å²) in [5.41, 5.74) is 0. The van der Waals surface area contributed by atoms with Crippen LogP contribution in [0.2, 0.25) is 0 Å². The molecule has 0 aromatic heterocycles. The molecule has 4 atom stereocenters. The minimum atomic E-state index is -0.631. The van der Waals surface area contributed by atoms with E-state index in [1.807, 2.05) is 6.92 Å². The Kier molecular flexibility index (Phi) is 7.99. The Hall–Kier alpha value is -2.33. The van der Waals surface area contributed by atoms with E-state index < -0.39 is 30.1 Å². The molecule has 1 heterocycles. The highest BCUT2D eigenvalue weighted by Crippen LogP contribution is 2.21. The second-order valence-electron chi connectivity index (χ2n) is 5.26. The number of carbonyl (C=O) groups is 3. The summed E-state index contributed by atoms with van der Waals surface area (Å²) < 4.78 is 20.5. The van der Waals surface area contributed by atoms with Crippen LogP contribution in [0.5, 0.6) is 0 Å². The molecule has 0 bridgehead atoms. The highest BCUT2D eigenvalue weighted by Gasteiger charge is 2.32. The maximum atomic E-state index is 11.2. The fraction of sp³-hybridized carbons (Fsp3) is 0.588. The number of hydrogen-bond acceptors (Lipinski definition) is 7. The molecular formula is C17H22O7. The summed E-state index contributed by atoms with van der Waals surface area (Å²) in [4.78, 5) is 33.2. The van der Waals surface area contributed by atoms with E-state index in [-0.39, 0.29) is 25.0 Å². The van der Waals surface area contributed by atoms with Gasteiger partial charge >= 0.3 is 17.9 Å². The molecule has 1 aliphatic heterocycles. The van der Waals surface area contributed by atoms with E-state index in [0.717, 1.165) is 0 Å². The van der Waals surface area contributed by atoms with Crippen LogP contribution in [0.25, 0.3) is 0 Å². The Bertz CT molecular complexity index is 555. The van der Waals surface area contributed by atoms with Crippen molar-refractivity contribution in [3.8, 4) is 11.8 Å². The zero-order valence-electron chi connectivity index (χ0n) is 14.2. The zero-order chi connectivity index (χ0) is 18.1. The van der Waals surface area contributed by atoms with Crippen LogP contribution in [0.4, 0.5) is 0 Å². The van der Waals surface area contributed by atoms with Crippen LogP contribution >= 0.6 is 0 Å². The highest BCUT2D eigenvalue weighted by atomic mass is 16.6. The summed E-state index contributed by atoms with van der Waals surface area (Å²) in [7, 11) is 1.30. The standard InChI is InChI=1S/C17H22O7/c1-11(6-5-7-17(20)21-4)14-8-9-15(23-13(3)19)16(24-14)10-22-12(2)18/h8-9,11,14-16H,7,10H2,1-4H3/t11-,14-,15-,16+/m0/s1. The van der Waals surface area contributed by atoms with Gasteiger partial charge in [0, 0.05) is 19.8 Å². The molecule has 7 heteroatoms. The summed E-state index contributed by atoms with van der Waals surface area (Å²) in [6.45, 7) is 4.40. The molecule has 1 aliphatic rings. The van der Waals surface area contributed by atoms with Gasteiger partial charge in [-0.05, 0) is 13.0 Å². The lowest BCUT2D eigenvalue weighted by atomic mass is 10.00. The molecule has 0 saturated heterocycles. The van der Waals surface area contributed by atoms with Crippen molar-refractivity contribution >= 4 is 17.9 Å². The van der Waals surface area contributed by atoms with Gasteiger partial charge in [-0.3, -0.25) is 14.4 Å². The molecule has 0 aromatic rings. The molecule has 7 nitrogen and oxygen atoms in total. The van der Waals surface area contributed by atoms with Gasteiger partial charge in [0.1, 0.15) is 25.2 Å². The maximum absolute atomic E-state index is 11.2. The van der Waals surface area contributed by atoms with Crippen LogP contribution in [0.15, 0.2) is 12.2 Å². The first-order chi connectivity index (χ1) is 11.3. The van der Waals surface area contributed by atoms with E-state index in [2.05, 4.69) is 16.6 Å². The first kappa shape index (κ1) is 19.7. The van der Waals surface area contributed by atoms with Crippen LogP contribution in [0.1, 0.15) is 27.2 Å². The Morgan fingerprint density at radius 1 is 1.21 bits per heavy atom. The molecule has 0 amide bonds. The Morgan fingerprint density at radius 3 is 2.50 bits per heavy atom. The minimum absolute atomic E-state index is 0.00419. The van der Waals surface area contributed by atoms with Crippen molar-refractivity contribution in [1.82, 2.24) is 0 Å². The van der Waals surface area contributed by atoms with Crippen molar-refractivity contribution in [3.05, 3.63) is 12.2 Å². The number of carbonyl (C=O) groups excluding carboxylic acids is 3. The third-order valence-corrected chi connectivity index (χ3v) is 3.22. The molecule has 1 rings (SSSR count). The van der Waals surface area contributed by atoms with Crippen LogP contribution in [0.3, 0.4) is 0 Å². The van der Waals surface area contributed by atoms with Crippen molar-refractivity contribution in [3.63, 3.8) is 0 Å². The lowest BCUT2D eigenvalue weighted by Crippen LogP contribution is -2.42. The fourth-order valence-electron chi connectivity index (χ4n) is 2.03. The molecule has 0 spiro atoms. The topological polar surface area (TPSA) is 88.1 Å². The summed E-state index contributed by atoms with van der Waals surface area (Å²) in [5, 5.41) is 0. The molecule has 0 aliphatic carbocycles. The molecule has 0 fully saturated rings. The summed E-state index contributed by atoms with van der Waals surface area (Å²) in [6, 6.07) is 0. The Balaban J connectivity index is 2.74. The minimum Gasteiger partial charge on any atom is -0.468 e. The molecule has 132 valence electrons. The van der Waals surface area contributed by atoms with Crippen LogP contribution < -0.4 is 0 Å². The lowest BCUT2D eigenvalue weighted by Gasteiger charge is -2.32. The predicted molar refractivity (Wildman–Crippen MR) is 83.6 cm³/mol. The molecule has 0 radical (unpaired) electrons. The van der Waals surface area contributed by atoms with Gasteiger partial charge in [-0.2, -0.15) is 0 Å².